The number of carbonyl (C=O) groups is 1. The standard InChI is InChI=1S/C14H21N3O/c1-14(2)7-9(6-10(18)8-14)17-13-11(15)4-3-5-12(13)16/h4,6,17H,3,5,7-8,15-16H2,1-2H3. The summed E-state index contributed by atoms with van der Waals surface area (Å²) in [4.78, 5) is 11.7. The highest BCUT2D eigenvalue weighted by molar-refractivity contribution is 5.91. The van der Waals surface area contributed by atoms with Crippen molar-refractivity contribution in [2.75, 3.05) is 0 Å². The van der Waals surface area contributed by atoms with Gasteiger partial charge in [-0.25, -0.2) is 0 Å². The maximum Gasteiger partial charge on any atom is 0.157 e. The first-order valence-corrected chi connectivity index (χ1v) is 6.32. The number of hydrogen-bond donors (Lipinski definition) is 3. The van der Waals surface area contributed by atoms with Gasteiger partial charge in [-0.1, -0.05) is 19.9 Å². The Hall–Kier alpha value is -1.71. The molecule has 5 N–H and O–H groups in total. The molecule has 0 unspecified atom stereocenters. The van der Waals surface area contributed by atoms with Crippen molar-refractivity contribution in [1.82, 2.24) is 5.32 Å². The van der Waals surface area contributed by atoms with Crippen molar-refractivity contribution in [3.8, 4) is 0 Å². The normalized spacial score (nSPS) is 23.6. The number of nitrogens with one attached hydrogen (secondary N) is 1. The average Bonchev–Trinajstić information content (AvgIpc) is 2.21. The molecule has 0 fully saturated rings. The molecule has 0 atom stereocenters. The van der Waals surface area contributed by atoms with Gasteiger partial charge < -0.3 is 16.8 Å². The SMILES string of the molecule is CC1(C)CC(=O)C=C(NC2=C(N)CCC=C2N)C1. The lowest BCUT2D eigenvalue weighted by Crippen LogP contribution is -2.31. The molecular formula is C14H21N3O. The fourth-order valence-corrected chi connectivity index (χ4v) is 2.54. The Morgan fingerprint density at radius 2 is 2.00 bits per heavy atom. The minimum absolute atomic E-state index is 0.00334. The molecule has 2 aliphatic carbocycles. The molecule has 98 valence electrons. The molecule has 0 aromatic heterocycles. The predicted octanol–water partition coefficient (Wildman–Crippen LogP) is 1.66. The van der Waals surface area contributed by atoms with E-state index in [2.05, 4.69) is 19.2 Å². The van der Waals surface area contributed by atoms with Gasteiger partial charge in [-0.15, -0.1) is 0 Å². The second kappa shape index (κ2) is 4.52. The van der Waals surface area contributed by atoms with Gasteiger partial charge in [-0.05, 0) is 24.7 Å². The molecule has 0 radical (unpaired) electrons. The first-order chi connectivity index (χ1) is 8.37. The number of allylic oxidation sites excluding steroid dienone is 4. The van der Waals surface area contributed by atoms with Crippen LogP contribution in [0.25, 0.3) is 0 Å². The van der Waals surface area contributed by atoms with Crippen molar-refractivity contribution in [2.45, 2.75) is 39.5 Å². The Morgan fingerprint density at radius 1 is 1.28 bits per heavy atom. The fourth-order valence-electron chi connectivity index (χ4n) is 2.54. The Morgan fingerprint density at radius 3 is 2.61 bits per heavy atom. The molecule has 2 rings (SSSR count). The molecule has 4 nitrogen and oxygen atoms in total. The number of hydrogen-bond acceptors (Lipinski definition) is 4. The van der Waals surface area contributed by atoms with Gasteiger partial charge >= 0.3 is 0 Å². The van der Waals surface area contributed by atoms with Gasteiger partial charge in [0.1, 0.15) is 0 Å². The highest BCUT2D eigenvalue weighted by Crippen LogP contribution is 2.33. The molecule has 0 spiro atoms. The molecule has 2 aliphatic rings. The number of ketones is 1. The van der Waals surface area contributed by atoms with Crippen molar-refractivity contribution < 1.29 is 4.79 Å². The van der Waals surface area contributed by atoms with Crippen LogP contribution in [0.1, 0.15) is 39.5 Å². The quantitative estimate of drug-likeness (QED) is 0.693. The molecule has 0 aliphatic heterocycles. The summed E-state index contributed by atoms with van der Waals surface area (Å²) in [5, 5.41) is 3.24. The minimum atomic E-state index is -0.00334. The van der Waals surface area contributed by atoms with Crippen LogP contribution < -0.4 is 16.8 Å². The average molecular weight is 247 g/mol. The number of carbonyl (C=O) groups excluding carboxylic acids is 1. The monoisotopic (exact) mass is 247 g/mol. The summed E-state index contributed by atoms with van der Waals surface area (Å²) in [5.74, 6) is 0.159. The van der Waals surface area contributed by atoms with Gasteiger partial charge in [-0.3, -0.25) is 4.79 Å². The molecule has 18 heavy (non-hydrogen) atoms. The van der Waals surface area contributed by atoms with E-state index >= 15 is 0 Å². The largest absolute Gasteiger partial charge is 0.400 e. The summed E-state index contributed by atoms with van der Waals surface area (Å²) in [6.45, 7) is 4.19. The molecule has 0 saturated carbocycles. The lowest BCUT2D eigenvalue weighted by atomic mass is 9.79. The van der Waals surface area contributed by atoms with Crippen LogP contribution in [-0.4, -0.2) is 5.78 Å². The summed E-state index contributed by atoms with van der Waals surface area (Å²) < 4.78 is 0. The zero-order valence-corrected chi connectivity index (χ0v) is 11.0. The van der Waals surface area contributed by atoms with E-state index in [0.717, 1.165) is 36.4 Å². The zero-order chi connectivity index (χ0) is 13.3. The topological polar surface area (TPSA) is 81.1 Å². The zero-order valence-electron chi connectivity index (χ0n) is 11.0. The van der Waals surface area contributed by atoms with Crippen LogP contribution in [0.3, 0.4) is 0 Å². The molecule has 0 bridgehead atoms. The van der Waals surface area contributed by atoms with Gasteiger partial charge in [0.25, 0.3) is 0 Å². The van der Waals surface area contributed by atoms with Crippen LogP contribution in [0.2, 0.25) is 0 Å². The summed E-state index contributed by atoms with van der Waals surface area (Å²) in [7, 11) is 0. The summed E-state index contributed by atoms with van der Waals surface area (Å²) in [5.41, 5.74) is 15.0. The van der Waals surface area contributed by atoms with E-state index in [-0.39, 0.29) is 11.2 Å². The van der Waals surface area contributed by atoms with E-state index in [1.807, 2.05) is 6.08 Å². The first kappa shape index (κ1) is 12.7. The van der Waals surface area contributed by atoms with Crippen LogP contribution in [0.5, 0.6) is 0 Å². The summed E-state index contributed by atoms with van der Waals surface area (Å²) in [6, 6.07) is 0. The Labute approximate surface area is 108 Å². The molecule has 4 heteroatoms. The second-order valence-corrected chi connectivity index (χ2v) is 5.88. The van der Waals surface area contributed by atoms with Crippen molar-refractivity contribution in [2.24, 2.45) is 16.9 Å². The maximum absolute atomic E-state index is 11.7. The van der Waals surface area contributed by atoms with E-state index in [1.165, 1.54) is 0 Å². The Kier molecular flexibility index (Phi) is 3.20. The van der Waals surface area contributed by atoms with Crippen LogP contribution >= 0.6 is 0 Å². The van der Waals surface area contributed by atoms with E-state index in [1.54, 1.807) is 6.08 Å². The number of nitrogens with two attached hydrogens (primary N) is 2. The Balaban J connectivity index is 2.19. The van der Waals surface area contributed by atoms with Crippen molar-refractivity contribution in [3.05, 3.63) is 34.9 Å². The highest BCUT2D eigenvalue weighted by atomic mass is 16.1. The third kappa shape index (κ3) is 2.75. The lowest BCUT2D eigenvalue weighted by molar-refractivity contribution is -0.117. The molecule has 0 saturated heterocycles. The van der Waals surface area contributed by atoms with Gasteiger partial charge in [-0.2, -0.15) is 0 Å². The smallest absolute Gasteiger partial charge is 0.157 e. The Bertz CT molecular complexity index is 469. The van der Waals surface area contributed by atoms with Crippen LogP contribution in [0.4, 0.5) is 0 Å². The van der Waals surface area contributed by atoms with E-state index in [0.29, 0.717) is 12.1 Å². The van der Waals surface area contributed by atoms with E-state index in [9.17, 15) is 4.79 Å². The van der Waals surface area contributed by atoms with E-state index < -0.39 is 0 Å². The van der Waals surface area contributed by atoms with Crippen LogP contribution in [0, 0.1) is 5.41 Å². The minimum Gasteiger partial charge on any atom is -0.400 e. The van der Waals surface area contributed by atoms with Crippen molar-refractivity contribution in [1.29, 1.82) is 0 Å². The summed E-state index contributed by atoms with van der Waals surface area (Å²) in [6.07, 6.45) is 6.77. The molecular weight excluding hydrogens is 226 g/mol. The van der Waals surface area contributed by atoms with Crippen molar-refractivity contribution >= 4 is 5.78 Å². The predicted molar refractivity (Wildman–Crippen MR) is 72.0 cm³/mol. The van der Waals surface area contributed by atoms with Gasteiger partial charge in [0.2, 0.25) is 0 Å². The second-order valence-electron chi connectivity index (χ2n) is 5.88. The van der Waals surface area contributed by atoms with Gasteiger partial charge in [0, 0.05) is 23.9 Å². The fraction of sp³-hybridized carbons (Fsp3) is 0.500. The third-order valence-electron chi connectivity index (χ3n) is 3.33. The van der Waals surface area contributed by atoms with E-state index in [4.69, 9.17) is 11.5 Å². The molecule has 0 aromatic carbocycles. The third-order valence-corrected chi connectivity index (χ3v) is 3.33. The maximum atomic E-state index is 11.7. The van der Waals surface area contributed by atoms with Gasteiger partial charge in [0.05, 0.1) is 11.4 Å². The molecule has 0 heterocycles. The van der Waals surface area contributed by atoms with Crippen LogP contribution in [0.15, 0.2) is 34.9 Å². The first-order valence-electron chi connectivity index (χ1n) is 6.32. The number of rotatable bonds is 2. The lowest BCUT2D eigenvalue weighted by Gasteiger charge is -2.30. The van der Waals surface area contributed by atoms with Crippen molar-refractivity contribution in [3.63, 3.8) is 0 Å². The molecule has 0 amide bonds. The highest BCUT2D eigenvalue weighted by Gasteiger charge is 2.28. The van der Waals surface area contributed by atoms with Gasteiger partial charge in [0.15, 0.2) is 5.78 Å². The van der Waals surface area contributed by atoms with Crippen LogP contribution in [-0.2, 0) is 4.79 Å². The summed E-state index contributed by atoms with van der Waals surface area (Å²) >= 11 is 0. The molecule has 0 aromatic rings.